The van der Waals surface area contributed by atoms with Crippen molar-refractivity contribution in [1.82, 2.24) is 10.3 Å². The number of aromatic amines is 1. The molecular formula is C25H26FN3O4S. The second-order valence-corrected chi connectivity index (χ2v) is 9.78. The maximum atomic E-state index is 13.7. The predicted octanol–water partition coefficient (Wildman–Crippen LogP) is 4.68. The summed E-state index contributed by atoms with van der Waals surface area (Å²) in [6.45, 7) is 8.91. The number of hydrogen-bond acceptors (Lipinski definition) is 5. The van der Waals surface area contributed by atoms with Gasteiger partial charge >= 0.3 is 0 Å². The number of halogens is 1. The van der Waals surface area contributed by atoms with Crippen molar-refractivity contribution in [1.29, 1.82) is 0 Å². The Morgan fingerprint density at radius 2 is 1.91 bits per heavy atom. The van der Waals surface area contributed by atoms with Crippen molar-refractivity contribution >= 4 is 28.5 Å². The second kappa shape index (κ2) is 10.5. The molecule has 1 amide bonds. The Labute approximate surface area is 198 Å². The Bertz CT molecular complexity index is 1330. The average Bonchev–Trinajstić information content (AvgIpc) is 3.16. The van der Waals surface area contributed by atoms with Crippen LogP contribution in [0.3, 0.4) is 0 Å². The number of benzene rings is 2. The molecule has 0 radical (unpaired) electrons. The highest BCUT2D eigenvalue weighted by Crippen LogP contribution is 2.31. The van der Waals surface area contributed by atoms with Crippen LogP contribution in [0.4, 0.5) is 4.39 Å². The van der Waals surface area contributed by atoms with Crippen molar-refractivity contribution in [2.75, 3.05) is 0 Å². The lowest BCUT2D eigenvalue weighted by atomic mass is 10.2. The van der Waals surface area contributed by atoms with Crippen LogP contribution in [0.2, 0.25) is 0 Å². The van der Waals surface area contributed by atoms with Gasteiger partial charge in [0, 0.05) is 24.5 Å². The summed E-state index contributed by atoms with van der Waals surface area (Å²) in [7, 11) is -3.94. The molecule has 0 saturated carbocycles. The standard InChI is InChI=1S/C25H26FN3O4S/c1-16(2)33-23-14-19(26)7-10-24(23)34(31,32)20-8-5-18(6-9-20)15-28-25(30)22-13-17(3)21(29-22)11-12-27-4/h5-14,16,29H,4,15H2,1-3H3,(H,28,30)/b12-11-. The normalized spacial score (nSPS) is 11.7. The summed E-state index contributed by atoms with van der Waals surface area (Å²) in [6, 6.07) is 11.2. The number of nitrogens with zero attached hydrogens (tertiary/aromatic N) is 1. The molecule has 0 atom stereocenters. The summed E-state index contributed by atoms with van der Waals surface area (Å²) in [5.74, 6) is -0.920. The van der Waals surface area contributed by atoms with Crippen molar-refractivity contribution in [2.24, 2.45) is 4.99 Å². The van der Waals surface area contributed by atoms with Crippen LogP contribution in [0.5, 0.6) is 5.75 Å². The van der Waals surface area contributed by atoms with E-state index in [0.29, 0.717) is 11.3 Å². The van der Waals surface area contributed by atoms with Crippen LogP contribution in [-0.4, -0.2) is 32.1 Å². The lowest BCUT2D eigenvalue weighted by Crippen LogP contribution is -2.23. The highest BCUT2D eigenvalue weighted by atomic mass is 32.2. The molecule has 9 heteroatoms. The Morgan fingerprint density at radius 3 is 2.56 bits per heavy atom. The molecule has 0 fully saturated rings. The van der Waals surface area contributed by atoms with Gasteiger partial charge in [0.2, 0.25) is 9.84 Å². The number of nitrogens with one attached hydrogen (secondary N) is 2. The van der Waals surface area contributed by atoms with E-state index in [1.54, 1.807) is 38.1 Å². The van der Waals surface area contributed by atoms with Crippen molar-refractivity contribution in [3.63, 3.8) is 0 Å². The molecule has 3 aromatic rings. The number of aliphatic imine (C=N–C) groups is 1. The Kier molecular flexibility index (Phi) is 7.68. The number of hydrogen-bond donors (Lipinski definition) is 2. The number of sulfone groups is 1. The summed E-state index contributed by atoms with van der Waals surface area (Å²) in [5.41, 5.74) is 2.76. The molecule has 178 valence electrons. The molecule has 1 aromatic heterocycles. The first-order chi connectivity index (χ1) is 16.1. The minimum Gasteiger partial charge on any atom is -0.490 e. The first kappa shape index (κ1) is 24.9. The van der Waals surface area contributed by atoms with E-state index in [4.69, 9.17) is 4.74 Å². The van der Waals surface area contributed by atoms with Crippen LogP contribution in [0, 0.1) is 12.7 Å². The minimum atomic E-state index is -3.94. The summed E-state index contributed by atoms with van der Waals surface area (Å²) >= 11 is 0. The molecular weight excluding hydrogens is 457 g/mol. The fourth-order valence-corrected chi connectivity index (χ4v) is 4.61. The molecule has 2 aromatic carbocycles. The van der Waals surface area contributed by atoms with E-state index in [2.05, 4.69) is 22.0 Å². The van der Waals surface area contributed by atoms with Crippen molar-refractivity contribution in [2.45, 2.75) is 43.2 Å². The van der Waals surface area contributed by atoms with E-state index in [9.17, 15) is 17.6 Å². The monoisotopic (exact) mass is 483 g/mol. The molecule has 0 aliphatic carbocycles. The van der Waals surface area contributed by atoms with Gasteiger partial charge in [0.1, 0.15) is 22.2 Å². The fraction of sp³-hybridized carbons (Fsp3) is 0.200. The van der Waals surface area contributed by atoms with Crippen LogP contribution in [-0.2, 0) is 16.4 Å². The van der Waals surface area contributed by atoms with Gasteiger partial charge in [0.25, 0.3) is 5.91 Å². The zero-order valence-corrected chi connectivity index (χ0v) is 19.9. The number of H-pyrrole nitrogens is 1. The SMILES string of the molecule is C=N/C=C\c1[nH]c(C(=O)NCc2ccc(S(=O)(=O)c3ccc(F)cc3OC(C)C)cc2)cc1C. The van der Waals surface area contributed by atoms with Gasteiger partial charge < -0.3 is 15.0 Å². The third-order valence-corrected chi connectivity index (χ3v) is 6.70. The molecule has 34 heavy (non-hydrogen) atoms. The van der Waals surface area contributed by atoms with E-state index >= 15 is 0 Å². The summed E-state index contributed by atoms with van der Waals surface area (Å²) < 4.78 is 45.4. The first-order valence-electron chi connectivity index (χ1n) is 10.5. The van der Waals surface area contributed by atoms with E-state index in [0.717, 1.165) is 23.4 Å². The third-order valence-electron chi connectivity index (χ3n) is 4.89. The van der Waals surface area contributed by atoms with Gasteiger partial charge in [0.15, 0.2) is 0 Å². The second-order valence-electron chi connectivity index (χ2n) is 7.87. The van der Waals surface area contributed by atoms with Gasteiger partial charge in [-0.15, -0.1) is 0 Å². The average molecular weight is 484 g/mol. The molecule has 0 saturated heterocycles. The summed E-state index contributed by atoms with van der Waals surface area (Å²) in [6.07, 6.45) is 2.92. The Morgan fingerprint density at radius 1 is 1.21 bits per heavy atom. The minimum absolute atomic E-state index is 0.0364. The molecule has 1 heterocycles. The van der Waals surface area contributed by atoms with Gasteiger partial charge in [0.05, 0.1) is 11.0 Å². The lowest BCUT2D eigenvalue weighted by Gasteiger charge is -2.15. The maximum absolute atomic E-state index is 13.7. The van der Waals surface area contributed by atoms with E-state index in [1.807, 2.05) is 6.92 Å². The Hall–Kier alpha value is -3.72. The van der Waals surface area contributed by atoms with Crippen LogP contribution in [0.15, 0.2) is 69.5 Å². The molecule has 3 rings (SSSR count). The van der Waals surface area contributed by atoms with Crippen molar-refractivity contribution in [3.8, 4) is 5.75 Å². The molecule has 0 bridgehead atoms. The first-order valence-corrected chi connectivity index (χ1v) is 12.0. The number of rotatable bonds is 9. The van der Waals surface area contributed by atoms with Gasteiger partial charge in [-0.05, 0) is 75.0 Å². The quantitative estimate of drug-likeness (QED) is 0.341. The largest absolute Gasteiger partial charge is 0.490 e. The molecule has 7 nitrogen and oxygen atoms in total. The Balaban J connectivity index is 1.74. The number of carbonyl (C=O) groups excluding carboxylic acids is 1. The van der Waals surface area contributed by atoms with Gasteiger partial charge in [-0.3, -0.25) is 9.79 Å². The van der Waals surface area contributed by atoms with E-state index in [1.165, 1.54) is 24.4 Å². The number of carbonyl (C=O) groups is 1. The van der Waals surface area contributed by atoms with Crippen LogP contribution >= 0.6 is 0 Å². The van der Waals surface area contributed by atoms with E-state index < -0.39 is 15.7 Å². The van der Waals surface area contributed by atoms with Gasteiger partial charge in [-0.25, -0.2) is 12.8 Å². The number of amides is 1. The number of aromatic nitrogens is 1. The molecule has 0 spiro atoms. The summed E-state index contributed by atoms with van der Waals surface area (Å²) in [4.78, 5) is 19.1. The molecule has 2 N–H and O–H groups in total. The fourth-order valence-electron chi connectivity index (χ4n) is 3.24. The smallest absolute Gasteiger partial charge is 0.267 e. The molecule has 0 aliphatic heterocycles. The van der Waals surface area contributed by atoms with E-state index in [-0.39, 0.29) is 34.1 Å². The van der Waals surface area contributed by atoms with Crippen LogP contribution < -0.4 is 10.1 Å². The highest BCUT2D eigenvalue weighted by Gasteiger charge is 2.23. The van der Waals surface area contributed by atoms with Crippen molar-refractivity contribution in [3.05, 3.63) is 83.1 Å². The van der Waals surface area contributed by atoms with Crippen LogP contribution in [0.1, 0.15) is 41.2 Å². The van der Waals surface area contributed by atoms with Gasteiger partial charge in [-0.1, -0.05) is 12.1 Å². The summed E-state index contributed by atoms with van der Waals surface area (Å²) in [5, 5.41) is 2.80. The maximum Gasteiger partial charge on any atom is 0.267 e. The zero-order chi connectivity index (χ0) is 24.9. The number of aryl methyl sites for hydroxylation is 1. The zero-order valence-electron chi connectivity index (χ0n) is 19.1. The lowest BCUT2D eigenvalue weighted by molar-refractivity contribution is 0.0946. The topological polar surface area (TPSA) is 101 Å². The predicted molar refractivity (Wildman–Crippen MR) is 129 cm³/mol. The molecule has 0 unspecified atom stereocenters. The third kappa shape index (κ3) is 5.79. The highest BCUT2D eigenvalue weighted by molar-refractivity contribution is 7.91. The molecule has 0 aliphatic rings. The number of ether oxygens (including phenoxy) is 1. The van der Waals surface area contributed by atoms with Gasteiger partial charge in [-0.2, -0.15) is 0 Å². The van der Waals surface area contributed by atoms with Crippen molar-refractivity contribution < 1.29 is 22.3 Å². The van der Waals surface area contributed by atoms with Crippen LogP contribution in [0.25, 0.3) is 6.08 Å².